The molecule has 7 heteroatoms. The lowest BCUT2D eigenvalue weighted by atomic mass is 9.86. The molecule has 1 N–H and O–H groups in total. The van der Waals surface area contributed by atoms with Gasteiger partial charge in [0.05, 0.1) is 6.61 Å². The number of carboxylic acid groups (broad SMARTS) is 1. The number of aliphatic carboxylic acids is 1. The number of likely N-dealkylation sites (tertiary alicyclic amines) is 1. The van der Waals surface area contributed by atoms with Gasteiger partial charge >= 0.3 is 12.1 Å². The first kappa shape index (κ1) is 17.5. The van der Waals surface area contributed by atoms with Gasteiger partial charge < -0.3 is 9.84 Å². The van der Waals surface area contributed by atoms with Gasteiger partial charge in [-0.2, -0.15) is 13.2 Å². The Kier molecular flexibility index (Phi) is 5.71. The highest BCUT2D eigenvalue weighted by molar-refractivity contribution is 5.73. The van der Waals surface area contributed by atoms with Gasteiger partial charge in [-0.1, -0.05) is 19.3 Å². The summed E-state index contributed by atoms with van der Waals surface area (Å²) in [7, 11) is 0. The van der Waals surface area contributed by atoms with Crippen molar-refractivity contribution in [1.82, 2.24) is 4.90 Å². The van der Waals surface area contributed by atoms with Crippen molar-refractivity contribution < 1.29 is 27.8 Å². The standard InChI is InChI=1S/C13H23NO.C2HF3O2/c1-2-4-12(5-3-1)14-8-6-13(10-14)7-9-15-11-13;3-2(4,5)1(6)7/h12H,1-11H2;(H,6,7). The zero-order valence-corrected chi connectivity index (χ0v) is 12.7. The topological polar surface area (TPSA) is 49.8 Å². The van der Waals surface area contributed by atoms with Crippen molar-refractivity contribution in [2.45, 2.75) is 57.2 Å². The van der Waals surface area contributed by atoms with Gasteiger partial charge in [0.15, 0.2) is 0 Å². The van der Waals surface area contributed by atoms with Gasteiger partial charge in [-0.3, -0.25) is 4.90 Å². The second-order valence-corrected chi connectivity index (χ2v) is 6.62. The normalized spacial score (nSPS) is 30.3. The third kappa shape index (κ3) is 4.59. The third-order valence-electron chi connectivity index (χ3n) is 4.99. The molecule has 2 saturated heterocycles. The van der Waals surface area contributed by atoms with Gasteiger partial charge in [0.2, 0.25) is 0 Å². The zero-order valence-electron chi connectivity index (χ0n) is 12.7. The monoisotopic (exact) mass is 323 g/mol. The maximum Gasteiger partial charge on any atom is 0.490 e. The van der Waals surface area contributed by atoms with Gasteiger partial charge in [-0.15, -0.1) is 0 Å². The van der Waals surface area contributed by atoms with Crippen LogP contribution in [0, 0.1) is 5.41 Å². The minimum absolute atomic E-state index is 0.567. The summed E-state index contributed by atoms with van der Waals surface area (Å²) < 4.78 is 37.3. The van der Waals surface area contributed by atoms with Crippen molar-refractivity contribution in [2.75, 3.05) is 26.3 Å². The Labute approximate surface area is 128 Å². The molecule has 2 aliphatic heterocycles. The number of alkyl halides is 3. The van der Waals surface area contributed by atoms with E-state index >= 15 is 0 Å². The number of ether oxygens (including phenoxy) is 1. The molecule has 1 aliphatic carbocycles. The Hall–Kier alpha value is -0.820. The summed E-state index contributed by atoms with van der Waals surface area (Å²) in [4.78, 5) is 11.7. The van der Waals surface area contributed by atoms with E-state index in [4.69, 9.17) is 14.6 Å². The summed E-state index contributed by atoms with van der Waals surface area (Å²) in [5, 5.41) is 7.12. The number of rotatable bonds is 1. The van der Waals surface area contributed by atoms with Crippen molar-refractivity contribution in [3.8, 4) is 0 Å². The largest absolute Gasteiger partial charge is 0.490 e. The van der Waals surface area contributed by atoms with Gasteiger partial charge in [0.25, 0.3) is 0 Å². The van der Waals surface area contributed by atoms with Gasteiger partial charge in [0.1, 0.15) is 0 Å². The molecule has 22 heavy (non-hydrogen) atoms. The summed E-state index contributed by atoms with van der Waals surface area (Å²) in [6.45, 7) is 4.72. The van der Waals surface area contributed by atoms with Gasteiger partial charge in [-0.05, 0) is 32.2 Å². The first-order chi connectivity index (χ1) is 10.3. The van der Waals surface area contributed by atoms with E-state index in [9.17, 15) is 13.2 Å². The lowest BCUT2D eigenvalue weighted by molar-refractivity contribution is -0.192. The quantitative estimate of drug-likeness (QED) is 0.806. The fourth-order valence-corrected chi connectivity index (χ4v) is 3.70. The number of carboxylic acids is 1. The SMILES string of the molecule is C1CCC(N2CCC3(CCOC3)C2)CC1.O=C(O)C(F)(F)F. The number of carbonyl (C=O) groups is 1. The minimum atomic E-state index is -5.08. The lowest BCUT2D eigenvalue weighted by Crippen LogP contribution is -2.37. The van der Waals surface area contributed by atoms with E-state index in [0.29, 0.717) is 5.41 Å². The summed E-state index contributed by atoms with van der Waals surface area (Å²) >= 11 is 0. The molecule has 3 fully saturated rings. The molecule has 0 bridgehead atoms. The van der Waals surface area contributed by atoms with Gasteiger partial charge in [0, 0.05) is 24.6 Å². The van der Waals surface area contributed by atoms with Crippen LogP contribution in [0.2, 0.25) is 0 Å². The predicted molar refractivity (Wildman–Crippen MR) is 74.6 cm³/mol. The van der Waals surface area contributed by atoms with Crippen molar-refractivity contribution in [3.63, 3.8) is 0 Å². The van der Waals surface area contributed by atoms with Crippen LogP contribution in [0.4, 0.5) is 13.2 Å². The molecule has 0 aromatic carbocycles. The van der Waals surface area contributed by atoms with Crippen LogP contribution >= 0.6 is 0 Å². The Balaban J connectivity index is 0.000000217. The molecule has 1 atom stereocenters. The smallest absolute Gasteiger partial charge is 0.475 e. The van der Waals surface area contributed by atoms with Gasteiger partial charge in [-0.25, -0.2) is 4.79 Å². The Bertz CT molecular complexity index is 375. The maximum atomic E-state index is 10.6. The molecule has 1 unspecified atom stereocenters. The van der Waals surface area contributed by atoms with Crippen molar-refractivity contribution in [2.24, 2.45) is 5.41 Å². The average molecular weight is 323 g/mol. The first-order valence-corrected chi connectivity index (χ1v) is 7.94. The summed E-state index contributed by atoms with van der Waals surface area (Å²) in [6.07, 6.45) is 4.93. The van der Waals surface area contributed by atoms with E-state index < -0.39 is 12.1 Å². The van der Waals surface area contributed by atoms with Crippen molar-refractivity contribution in [1.29, 1.82) is 0 Å². The van der Waals surface area contributed by atoms with E-state index in [1.54, 1.807) is 0 Å². The van der Waals surface area contributed by atoms with Crippen LogP contribution in [0.5, 0.6) is 0 Å². The highest BCUT2D eigenvalue weighted by Gasteiger charge is 2.43. The minimum Gasteiger partial charge on any atom is -0.475 e. The number of hydrogen-bond acceptors (Lipinski definition) is 3. The predicted octanol–water partition coefficient (Wildman–Crippen LogP) is 3.06. The van der Waals surface area contributed by atoms with E-state index in [2.05, 4.69) is 4.90 Å². The highest BCUT2D eigenvalue weighted by atomic mass is 19.4. The molecule has 2 heterocycles. The number of hydrogen-bond donors (Lipinski definition) is 1. The summed E-state index contributed by atoms with van der Waals surface area (Å²) in [6, 6.07) is 0.915. The van der Waals surface area contributed by atoms with E-state index in [-0.39, 0.29) is 0 Å². The Morgan fingerprint density at radius 1 is 1.18 bits per heavy atom. The number of halogens is 3. The van der Waals surface area contributed by atoms with Crippen LogP contribution < -0.4 is 0 Å². The molecule has 0 aromatic rings. The molecule has 3 rings (SSSR count). The van der Waals surface area contributed by atoms with Crippen LogP contribution in [-0.2, 0) is 9.53 Å². The Morgan fingerprint density at radius 2 is 1.82 bits per heavy atom. The molecule has 1 spiro atoms. The van der Waals surface area contributed by atoms with E-state index in [0.717, 1.165) is 19.3 Å². The van der Waals surface area contributed by atoms with Crippen molar-refractivity contribution >= 4 is 5.97 Å². The first-order valence-electron chi connectivity index (χ1n) is 7.94. The molecule has 0 aromatic heterocycles. The molecular weight excluding hydrogens is 299 g/mol. The number of nitrogens with zero attached hydrogens (tertiary/aromatic N) is 1. The van der Waals surface area contributed by atoms with Crippen LogP contribution in [0.25, 0.3) is 0 Å². The van der Waals surface area contributed by atoms with Crippen LogP contribution in [0.15, 0.2) is 0 Å². The molecule has 3 aliphatic rings. The van der Waals surface area contributed by atoms with Crippen molar-refractivity contribution in [3.05, 3.63) is 0 Å². The average Bonchev–Trinajstić information content (AvgIpc) is 3.10. The lowest BCUT2D eigenvalue weighted by Gasteiger charge is -2.32. The molecular formula is C15H24F3NO3. The molecule has 4 nitrogen and oxygen atoms in total. The van der Waals surface area contributed by atoms with Crippen LogP contribution in [0.1, 0.15) is 44.9 Å². The van der Waals surface area contributed by atoms with E-state index in [1.165, 1.54) is 58.0 Å². The second kappa shape index (κ2) is 7.17. The Morgan fingerprint density at radius 3 is 2.32 bits per heavy atom. The van der Waals surface area contributed by atoms with Crippen LogP contribution in [-0.4, -0.2) is 54.5 Å². The molecule has 128 valence electrons. The fourth-order valence-electron chi connectivity index (χ4n) is 3.70. The highest BCUT2D eigenvalue weighted by Crippen LogP contribution is 2.40. The molecule has 0 amide bonds. The zero-order chi connectivity index (χ0) is 16.2. The fraction of sp³-hybridized carbons (Fsp3) is 0.933. The van der Waals surface area contributed by atoms with Crippen LogP contribution in [0.3, 0.4) is 0 Å². The second-order valence-electron chi connectivity index (χ2n) is 6.62. The maximum absolute atomic E-state index is 10.6. The summed E-state index contributed by atoms with van der Waals surface area (Å²) in [5.41, 5.74) is 0.567. The molecule has 0 radical (unpaired) electrons. The summed E-state index contributed by atoms with van der Waals surface area (Å²) in [5.74, 6) is -2.76. The third-order valence-corrected chi connectivity index (χ3v) is 4.99. The van der Waals surface area contributed by atoms with E-state index in [1.807, 2.05) is 0 Å². The molecule has 1 saturated carbocycles.